The van der Waals surface area contributed by atoms with Crippen molar-refractivity contribution in [3.63, 3.8) is 0 Å². The van der Waals surface area contributed by atoms with Crippen molar-refractivity contribution < 1.29 is 19.1 Å². The molecule has 7 heteroatoms. The van der Waals surface area contributed by atoms with Crippen molar-refractivity contribution in [3.8, 4) is 11.5 Å². The van der Waals surface area contributed by atoms with Crippen molar-refractivity contribution in [2.45, 2.75) is 75.8 Å². The number of carbonyl (C=O) groups is 1. The molecule has 3 fully saturated rings. The average molecular weight is 490 g/mol. The van der Waals surface area contributed by atoms with Gasteiger partial charge in [0.25, 0.3) is 5.91 Å². The number of hydrogen-bond acceptors (Lipinski definition) is 6. The van der Waals surface area contributed by atoms with E-state index in [9.17, 15) is 4.79 Å². The summed E-state index contributed by atoms with van der Waals surface area (Å²) in [5.74, 6) is 1.50. The van der Waals surface area contributed by atoms with Gasteiger partial charge in [0.2, 0.25) is 5.60 Å². The highest BCUT2D eigenvalue weighted by Gasteiger charge is 2.52. The zero-order valence-electron chi connectivity index (χ0n) is 21.2. The number of methoxy groups -OCH3 is 1. The molecular formula is C29H35N3O4. The van der Waals surface area contributed by atoms with Crippen LogP contribution in [0.5, 0.6) is 11.5 Å². The van der Waals surface area contributed by atoms with Crippen molar-refractivity contribution >= 4 is 11.6 Å². The highest BCUT2D eigenvalue weighted by Crippen LogP contribution is 2.38. The Morgan fingerprint density at radius 1 is 1.08 bits per heavy atom. The van der Waals surface area contributed by atoms with Crippen molar-refractivity contribution in [2.24, 2.45) is 5.16 Å². The molecule has 1 aliphatic carbocycles. The smallest absolute Gasteiger partial charge is 0.270 e. The maximum absolute atomic E-state index is 13.7. The Morgan fingerprint density at radius 2 is 1.89 bits per heavy atom. The number of amides is 1. The van der Waals surface area contributed by atoms with Gasteiger partial charge in [-0.25, -0.2) is 0 Å². The molecule has 0 radical (unpaired) electrons. The van der Waals surface area contributed by atoms with Crippen molar-refractivity contribution in [2.75, 3.05) is 20.2 Å². The number of ether oxygens (including phenoxy) is 2. The molecule has 3 unspecified atom stereocenters. The predicted molar refractivity (Wildman–Crippen MR) is 137 cm³/mol. The van der Waals surface area contributed by atoms with E-state index >= 15 is 0 Å². The second-order valence-corrected chi connectivity index (χ2v) is 10.8. The fourth-order valence-electron chi connectivity index (χ4n) is 6.26. The van der Waals surface area contributed by atoms with Crippen LogP contribution in [0.1, 0.15) is 56.6 Å². The first-order valence-corrected chi connectivity index (χ1v) is 13.2. The molecule has 1 amide bonds. The normalized spacial score (nSPS) is 27.8. The number of piperazine rings is 1. The molecule has 36 heavy (non-hydrogen) atoms. The molecule has 2 aromatic rings. The minimum Gasteiger partial charge on any atom is -0.493 e. The molecule has 3 atom stereocenters. The van der Waals surface area contributed by atoms with Gasteiger partial charge < -0.3 is 19.2 Å². The molecule has 3 heterocycles. The van der Waals surface area contributed by atoms with E-state index < -0.39 is 5.60 Å². The molecule has 0 N–H and O–H groups in total. The van der Waals surface area contributed by atoms with Gasteiger partial charge in [-0.15, -0.1) is 0 Å². The van der Waals surface area contributed by atoms with E-state index in [0.29, 0.717) is 12.5 Å². The van der Waals surface area contributed by atoms with Crippen LogP contribution in [-0.2, 0) is 16.2 Å². The fraction of sp³-hybridized carbons (Fsp3) is 0.517. The summed E-state index contributed by atoms with van der Waals surface area (Å²) in [6.45, 7) is 4.48. The van der Waals surface area contributed by atoms with Crippen molar-refractivity contribution in [1.29, 1.82) is 0 Å². The maximum atomic E-state index is 13.7. The Labute approximate surface area is 213 Å². The minimum atomic E-state index is -0.976. The van der Waals surface area contributed by atoms with Gasteiger partial charge in [0, 0.05) is 43.7 Å². The topological polar surface area (TPSA) is 63.6 Å². The molecule has 1 saturated carbocycles. The first-order valence-electron chi connectivity index (χ1n) is 13.2. The van der Waals surface area contributed by atoms with Gasteiger partial charge in [0.05, 0.1) is 18.9 Å². The molecule has 2 bridgehead atoms. The molecular weight excluding hydrogens is 454 g/mol. The quantitative estimate of drug-likeness (QED) is 0.578. The molecule has 190 valence electrons. The summed E-state index contributed by atoms with van der Waals surface area (Å²) in [6.07, 6.45) is 6.27. The summed E-state index contributed by atoms with van der Waals surface area (Å²) in [5, 5.41) is 4.38. The molecule has 3 aliphatic heterocycles. The van der Waals surface area contributed by atoms with Gasteiger partial charge >= 0.3 is 0 Å². The number of carbonyl (C=O) groups excluding carboxylic acids is 1. The zero-order valence-corrected chi connectivity index (χ0v) is 21.2. The number of oxime groups is 1. The van der Waals surface area contributed by atoms with Crippen LogP contribution in [0.4, 0.5) is 0 Å². The number of rotatable bonds is 7. The summed E-state index contributed by atoms with van der Waals surface area (Å²) in [6, 6.07) is 17.1. The molecule has 2 aromatic carbocycles. The van der Waals surface area contributed by atoms with Crippen LogP contribution >= 0.6 is 0 Å². The number of nitrogens with zero attached hydrogens (tertiary/aromatic N) is 3. The first-order chi connectivity index (χ1) is 17.5. The summed E-state index contributed by atoms with van der Waals surface area (Å²) in [7, 11) is 1.66. The highest BCUT2D eigenvalue weighted by molar-refractivity contribution is 6.05. The Morgan fingerprint density at radius 3 is 2.61 bits per heavy atom. The van der Waals surface area contributed by atoms with Gasteiger partial charge in [-0.05, 0) is 62.8 Å². The van der Waals surface area contributed by atoms with E-state index in [2.05, 4.69) is 34.3 Å². The minimum absolute atomic E-state index is 0.0454. The van der Waals surface area contributed by atoms with Crippen molar-refractivity contribution in [1.82, 2.24) is 9.80 Å². The Bertz CT molecular complexity index is 1150. The molecule has 7 nitrogen and oxygen atoms in total. The third-order valence-corrected chi connectivity index (χ3v) is 8.25. The summed E-state index contributed by atoms with van der Waals surface area (Å²) < 4.78 is 11.8. The van der Waals surface area contributed by atoms with E-state index in [1.807, 2.05) is 36.1 Å². The standard InChI is InChI=1S/C29H35N3O4/c1-29(28(33)32-19-22-15-23(32)18-31(22)17-20-8-4-3-5-9-20)16-25(30-36-29)21-12-13-26(34-2)27(14-21)35-24-10-6-7-11-24/h3-5,8-9,12-14,22-24H,6-7,10-11,15-19H2,1-2H3. The molecule has 0 aromatic heterocycles. The molecule has 2 saturated heterocycles. The van der Waals surface area contributed by atoms with E-state index in [0.717, 1.165) is 61.7 Å². The number of likely N-dealkylation sites (tertiary alicyclic amines) is 2. The third-order valence-electron chi connectivity index (χ3n) is 8.25. The molecule has 6 rings (SSSR count). The van der Waals surface area contributed by atoms with Crippen LogP contribution in [0, 0.1) is 0 Å². The van der Waals surface area contributed by atoms with Gasteiger partial charge in [-0.1, -0.05) is 35.5 Å². The summed E-state index contributed by atoms with van der Waals surface area (Å²) >= 11 is 0. The largest absolute Gasteiger partial charge is 0.493 e. The van der Waals surface area contributed by atoms with E-state index in [4.69, 9.17) is 14.3 Å². The van der Waals surface area contributed by atoms with Gasteiger partial charge in [-0.3, -0.25) is 9.69 Å². The maximum Gasteiger partial charge on any atom is 0.270 e. The van der Waals surface area contributed by atoms with Gasteiger partial charge in [0.15, 0.2) is 11.5 Å². The van der Waals surface area contributed by atoms with E-state index in [1.165, 1.54) is 18.4 Å². The van der Waals surface area contributed by atoms with Gasteiger partial charge in [0.1, 0.15) is 0 Å². The summed E-state index contributed by atoms with van der Waals surface area (Å²) in [5.41, 5.74) is 2.04. The second kappa shape index (κ2) is 9.43. The Hall–Kier alpha value is -3.06. The van der Waals surface area contributed by atoms with E-state index in [1.54, 1.807) is 7.11 Å². The van der Waals surface area contributed by atoms with Gasteiger partial charge in [-0.2, -0.15) is 0 Å². The van der Waals surface area contributed by atoms with Crippen LogP contribution in [0.2, 0.25) is 0 Å². The third kappa shape index (κ3) is 4.34. The lowest BCUT2D eigenvalue weighted by atomic mass is 9.94. The van der Waals surface area contributed by atoms with Crippen molar-refractivity contribution in [3.05, 3.63) is 59.7 Å². The van der Waals surface area contributed by atoms with Crippen LogP contribution in [-0.4, -0.2) is 65.4 Å². The monoisotopic (exact) mass is 489 g/mol. The van der Waals surface area contributed by atoms with Crippen LogP contribution in [0.15, 0.2) is 53.7 Å². The number of hydrogen-bond donors (Lipinski definition) is 0. The van der Waals surface area contributed by atoms with E-state index in [-0.39, 0.29) is 18.1 Å². The lowest BCUT2D eigenvalue weighted by Gasteiger charge is -2.37. The lowest BCUT2D eigenvalue weighted by Crippen LogP contribution is -2.54. The Kier molecular flexibility index (Phi) is 6.12. The molecule has 0 spiro atoms. The predicted octanol–water partition coefficient (Wildman–Crippen LogP) is 4.39. The fourth-order valence-corrected chi connectivity index (χ4v) is 6.26. The number of fused-ring (bicyclic) bond motifs is 2. The summed E-state index contributed by atoms with van der Waals surface area (Å²) in [4.78, 5) is 24.1. The highest BCUT2D eigenvalue weighted by atomic mass is 16.7. The lowest BCUT2D eigenvalue weighted by molar-refractivity contribution is -0.155. The molecule has 4 aliphatic rings. The Balaban J connectivity index is 1.11. The van der Waals surface area contributed by atoms with Crippen LogP contribution < -0.4 is 9.47 Å². The number of benzene rings is 2. The average Bonchev–Trinajstić information content (AvgIpc) is 3.70. The first kappa shape index (κ1) is 23.3. The van der Waals surface area contributed by atoms with Crippen LogP contribution in [0.25, 0.3) is 0 Å². The second-order valence-electron chi connectivity index (χ2n) is 10.8. The van der Waals surface area contributed by atoms with Crippen LogP contribution in [0.3, 0.4) is 0 Å². The zero-order chi connectivity index (χ0) is 24.7. The SMILES string of the molecule is COc1ccc(C2=NOC(C)(C(=O)N3CC4CC3CN4Cc3ccccc3)C2)cc1OC1CCCC1.